The van der Waals surface area contributed by atoms with Gasteiger partial charge in [0.15, 0.2) is 0 Å². The summed E-state index contributed by atoms with van der Waals surface area (Å²) in [6.45, 7) is 8.79. The molecule has 0 unspecified atom stereocenters. The fourth-order valence-electron chi connectivity index (χ4n) is 2.94. The quantitative estimate of drug-likeness (QED) is 0.293. The first kappa shape index (κ1) is 26.1. The van der Waals surface area contributed by atoms with E-state index in [0.29, 0.717) is 19.3 Å². The molecule has 3 atom stereocenters. The Hall–Kier alpha value is -2.93. The highest BCUT2D eigenvalue weighted by Gasteiger charge is 2.24. The summed E-state index contributed by atoms with van der Waals surface area (Å²) in [6.07, 6.45) is 4.77. The van der Waals surface area contributed by atoms with Crippen LogP contribution in [0, 0.1) is 5.92 Å². The van der Waals surface area contributed by atoms with Crippen molar-refractivity contribution in [2.75, 3.05) is 13.2 Å². The number of aliphatic hydroxyl groups excluding tert-OH is 1. The first-order chi connectivity index (χ1) is 14.9. The number of hydrogen-bond acceptors (Lipinski definition) is 5. The van der Waals surface area contributed by atoms with Gasteiger partial charge >= 0.3 is 5.97 Å². The van der Waals surface area contributed by atoms with Crippen LogP contribution < -0.4 is 10.6 Å². The zero-order chi connectivity index (χ0) is 23.1. The van der Waals surface area contributed by atoms with Crippen LogP contribution in [0.4, 0.5) is 0 Å². The minimum Gasteiger partial charge on any atom is -0.463 e. The lowest BCUT2D eigenvalue weighted by Crippen LogP contribution is -2.45. The van der Waals surface area contributed by atoms with Crippen molar-refractivity contribution < 1.29 is 24.2 Å². The van der Waals surface area contributed by atoms with E-state index in [2.05, 4.69) is 23.8 Å². The summed E-state index contributed by atoms with van der Waals surface area (Å²) in [6, 6.07) is 8.75. The molecule has 31 heavy (non-hydrogen) atoms. The minimum absolute atomic E-state index is 0.0284. The molecular formula is C24H34N2O5. The number of benzene rings is 1. The van der Waals surface area contributed by atoms with Gasteiger partial charge in [0.1, 0.15) is 6.61 Å². The molecule has 0 saturated carbocycles. The summed E-state index contributed by atoms with van der Waals surface area (Å²) in [7, 11) is 0. The molecule has 170 valence electrons. The molecule has 0 heterocycles. The first-order valence-electron chi connectivity index (χ1n) is 10.5. The number of allylic oxidation sites excluding steroid dienone is 2. The smallest absolute Gasteiger partial charge is 0.306 e. The maximum Gasteiger partial charge on any atom is 0.306 e. The van der Waals surface area contributed by atoms with Gasteiger partial charge in [-0.25, -0.2) is 0 Å². The lowest BCUT2D eigenvalue weighted by Gasteiger charge is -2.23. The number of rotatable bonds is 15. The molecule has 0 aliphatic heterocycles. The van der Waals surface area contributed by atoms with Crippen molar-refractivity contribution in [3.63, 3.8) is 0 Å². The summed E-state index contributed by atoms with van der Waals surface area (Å²) in [5, 5.41) is 14.7. The van der Waals surface area contributed by atoms with E-state index in [9.17, 15) is 14.4 Å². The maximum atomic E-state index is 12.9. The molecule has 3 N–H and O–H groups in total. The number of esters is 1. The van der Waals surface area contributed by atoms with Gasteiger partial charge in [-0.1, -0.05) is 42.5 Å². The Morgan fingerprint density at radius 2 is 1.84 bits per heavy atom. The number of ether oxygens (including phenoxy) is 1. The maximum absolute atomic E-state index is 12.9. The van der Waals surface area contributed by atoms with Crippen molar-refractivity contribution in [2.45, 2.75) is 51.1 Å². The molecule has 0 aliphatic carbocycles. The third-order valence-electron chi connectivity index (χ3n) is 4.60. The number of nitrogens with one attached hydrogen (secondary N) is 2. The van der Waals surface area contributed by atoms with Crippen molar-refractivity contribution in [3.05, 3.63) is 61.2 Å². The molecule has 2 amide bonds. The second kappa shape index (κ2) is 15.0. The standard InChI is InChI=1S/C24H34N2O5/c1-4-6-13-23(29)31-17-21(14-19-11-8-7-9-12-19)26-24(30)20(10-5-2)15-22(28)25-18(3)16-27/h4-5,7-9,11-12,18,20-21,27H,1-2,6,10,13-17H2,3H3,(H,25,28)(H,26,30)/t18-,20-,21+/m1/s1. The largest absolute Gasteiger partial charge is 0.463 e. The van der Waals surface area contributed by atoms with Crippen molar-refractivity contribution >= 4 is 17.8 Å². The van der Waals surface area contributed by atoms with Crippen LogP contribution in [0.15, 0.2) is 55.6 Å². The zero-order valence-corrected chi connectivity index (χ0v) is 18.2. The highest BCUT2D eigenvalue weighted by atomic mass is 16.5. The van der Waals surface area contributed by atoms with E-state index in [-0.39, 0.29) is 49.9 Å². The first-order valence-corrected chi connectivity index (χ1v) is 10.5. The van der Waals surface area contributed by atoms with Crippen LogP contribution in [-0.4, -0.2) is 48.2 Å². The number of aliphatic hydroxyl groups is 1. The van der Waals surface area contributed by atoms with Crippen LogP contribution in [0.3, 0.4) is 0 Å². The van der Waals surface area contributed by atoms with E-state index in [4.69, 9.17) is 9.84 Å². The van der Waals surface area contributed by atoms with Gasteiger partial charge in [0.2, 0.25) is 11.8 Å². The topological polar surface area (TPSA) is 105 Å². The molecule has 0 aliphatic rings. The Morgan fingerprint density at radius 3 is 2.45 bits per heavy atom. The van der Waals surface area contributed by atoms with Gasteiger partial charge in [-0.3, -0.25) is 14.4 Å². The highest BCUT2D eigenvalue weighted by molar-refractivity contribution is 5.86. The molecule has 0 radical (unpaired) electrons. The second-order valence-corrected chi connectivity index (χ2v) is 7.48. The predicted octanol–water partition coefficient (Wildman–Crippen LogP) is 2.30. The number of carbonyl (C=O) groups is 3. The molecular weight excluding hydrogens is 396 g/mol. The molecule has 0 fully saturated rings. The van der Waals surface area contributed by atoms with Crippen molar-refractivity contribution in [1.29, 1.82) is 0 Å². The summed E-state index contributed by atoms with van der Waals surface area (Å²) < 4.78 is 5.34. The van der Waals surface area contributed by atoms with Gasteiger partial charge < -0.3 is 20.5 Å². The number of amides is 2. The van der Waals surface area contributed by atoms with Crippen LogP contribution in [0.25, 0.3) is 0 Å². The minimum atomic E-state index is -0.613. The fourth-order valence-corrected chi connectivity index (χ4v) is 2.94. The molecule has 1 aromatic rings. The molecule has 0 saturated heterocycles. The Kier molecular flexibility index (Phi) is 12.6. The number of carbonyl (C=O) groups excluding carboxylic acids is 3. The summed E-state index contributed by atoms with van der Waals surface area (Å²) in [5.41, 5.74) is 0.990. The SMILES string of the molecule is C=CCCC(=O)OC[C@H](Cc1ccccc1)NC(=O)[C@H](CC=C)CC(=O)N[C@H](C)CO. The average molecular weight is 431 g/mol. The Morgan fingerprint density at radius 1 is 1.13 bits per heavy atom. The predicted molar refractivity (Wildman–Crippen MR) is 120 cm³/mol. The summed E-state index contributed by atoms with van der Waals surface area (Å²) in [4.78, 5) is 37.0. The molecule has 7 heteroatoms. The van der Waals surface area contributed by atoms with Gasteiger partial charge in [0.25, 0.3) is 0 Å². The fraction of sp³-hybridized carbons (Fsp3) is 0.458. The zero-order valence-electron chi connectivity index (χ0n) is 18.2. The van der Waals surface area contributed by atoms with Crippen LogP contribution >= 0.6 is 0 Å². The average Bonchev–Trinajstić information content (AvgIpc) is 2.76. The second-order valence-electron chi connectivity index (χ2n) is 7.48. The lowest BCUT2D eigenvalue weighted by molar-refractivity contribution is -0.145. The molecule has 1 aromatic carbocycles. The third-order valence-corrected chi connectivity index (χ3v) is 4.60. The van der Waals surface area contributed by atoms with E-state index in [1.807, 2.05) is 30.3 Å². The van der Waals surface area contributed by atoms with Crippen molar-refractivity contribution in [1.82, 2.24) is 10.6 Å². The number of hydrogen-bond donors (Lipinski definition) is 3. The van der Waals surface area contributed by atoms with Gasteiger partial charge in [0.05, 0.1) is 18.6 Å². The molecule has 0 aromatic heterocycles. The van der Waals surface area contributed by atoms with E-state index in [0.717, 1.165) is 5.56 Å². The highest BCUT2D eigenvalue weighted by Crippen LogP contribution is 2.12. The van der Waals surface area contributed by atoms with E-state index in [1.165, 1.54) is 0 Å². The van der Waals surface area contributed by atoms with Crippen LogP contribution in [0.5, 0.6) is 0 Å². The molecule has 1 rings (SSSR count). The summed E-state index contributed by atoms with van der Waals surface area (Å²) >= 11 is 0. The van der Waals surface area contributed by atoms with E-state index < -0.39 is 12.0 Å². The van der Waals surface area contributed by atoms with E-state index in [1.54, 1.807) is 19.1 Å². The van der Waals surface area contributed by atoms with Crippen LogP contribution in [-0.2, 0) is 25.5 Å². The van der Waals surface area contributed by atoms with Gasteiger partial charge in [-0.05, 0) is 31.7 Å². The van der Waals surface area contributed by atoms with E-state index >= 15 is 0 Å². The molecule has 0 bridgehead atoms. The Labute approximate surface area is 184 Å². The van der Waals surface area contributed by atoms with Gasteiger partial charge in [0, 0.05) is 18.9 Å². The van der Waals surface area contributed by atoms with Crippen molar-refractivity contribution in [3.8, 4) is 0 Å². The van der Waals surface area contributed by atoms with Gasteiger partial charge in [-0.15, -0.1) is 13.2 Å². The Balaban J connectivity index is 2.80. The molecule has 7 nitrogen and oxygen atoms in total. The third kappa shape index (κ3) is 11.1. The summed E-state index contributed by atoms with van der Waals surface area (Å²) in [5.74, 6) is -1.60. The normalized spacial score (nSPS) is 13.4. The lowest BCUT2D eigenvalue weighted by atomic mass is 9.98. The Bertz CT molecular complexity index is 720. The van der Waals surface area contributed by atoms with Crippen molar-refractivity contribution in [2.24, 2.45) is 5.92 Å². The molecule has 0 spiro atoms. The van der Waals surface area contributed by atoms with Gasteiger partial charge in [-0.2, -0.15) is 0 Å². The van der Waals surface area contributed by atoms with Crippen LogP contribution in [0.1, 0.15) is 38.2 Å². The van der Waals surface area contributed by atoms with Crippen LogP contribution in [0.2, 0.25) is 0 Å². The monoisotopic (exact) mass is 430 g/mol.